The zero-order valence-corrected chi connectivity index (χ0v) is 17.0. The van der Waals surface area contributed by atoms with Crippen LogP contribution in [0.5, 0.6) is 0 Å². The molecule has 0 bridgehead atoms. The molecule has 6 heteroatoms. The van der Waals surface area contributed by atoms with Gasteiger partial charge in [-0.3, -0.25) is 4.84 Å². The van der Waals surface area contributed by atoms with Gasteiger partial charge in [0, 0.05) is 41.5 Å². The fourth-order valence-electron chi connectivity index (χ4n) is 3.62. The molecule has 3 aromatic rings. The molecule has 1 aliphatic heterocycles. The van der Waals surface area contributed by atoms with Crippen LogP contribution in [0, 0.1) is 6.92 Å². The van der Waals surface area contributed by atoms with E-state index in [2.05, 4.69) is 52.9 Å². The van der Waals surface area contributed by atoms with E-state index in [9.17, 15) is 0 Å². The second-order valence-corrected chi connectivity index (χ2v) is 8.38. The Balaban J connectivity index is 1.58. The van der Waals surface area contributed by atoms with E-state index in [0.717, 1.165) is 22.8 Å². The summed E-state index contributed by atoms with van der Waals surface area (Å²) in [5.74, 6) is 0.886. The van der Waals surface area contributed by atoms with Crippen LogP contribution in [0.2, 0.25) is 5.02 Å². The summed E-state index contributed by atoms with van der Waals surface area (Å²) < 4.78 is 2.12. The second-order valence-electron chi connectivity index (χ2n) is 6.85. The lowest BCUT2D eigenvalue weighted by molar-refractivity contribution is -0.173. The van der Waals surface area contributed by atoms with E-state index in [4.69, 9.17) is 16.4 Å². The highest BCUT2D eigenvalue weighted by molar-refractivity contribution is 7.99. The standard InChI is InChI=1S/C21H22ClN3OS/c1-16-3-9-20(10-4-16)27-14-19-13-21(24(2)26-19,25-12-11-23-15-25)17-5-7-18(22)8-6-17/h3-12,15,19H,13-14H2,1-2H3/t19-,21+/m0/s1. The molecule has 0 spiro atoms. The zero-order valence-electron chi connectivity index (χ0n) is 15.4. The summed E-state index contributed by atoms with van der Waals surface area (Å²) in [6, 6.07) is 16.6. The van der Waals surface area contributed by atoms with Crippen LogP contribution in [0.4, 0.5) is 0 Å². The smallest absolute Gasteiger partial charge is 0.149 e. The molecule has 4 nitrogen and oxygen atoms in total. The molecule has 140 valence electrons. The van der Waals surface area contributed by atoms with Gasteiger partial charge < -0.3 is 4.57 Å². The third-order valence-corrected chi connectivity index (χ3v) is 6.43. The van der Waals surface area contributed by atoms with E-state index in [1.54, 1.807) is 6.20 Å². The molecule has 1 fully saturated rings. The number of aryl methyl sites for hydroxylation is 1. The van der Waals surface area contributed by atoms with Crippen molar-refractivity contribution in [1.29, 1.82) is 0 Å². The van der Waals surface area contributed by atoms with E-state index in [0.29, 0.717) is 0 Å². The third kappa shape index (κ3) is 3.65. The Labute approximate surface area is 169 Å². The van der Waals surface area contributed by atoms with Crippen molar-refractivity contribution in [2.75, 3.05) is 12.8 Å². The van der Waals surface area contributed by atoms with Gasteiger partial charge in [0.15, 0.2) is 0 Å². The minimum Gasteiger partial charge on any atom is -0.312 e. The van der Waals surface area contributed by atoms with E-state index in [-0.39, 0.29) is 6.10 Å². The van der Waals surface area contributed by atoms with Crippen LogP contribution in [0.1, 0.15) is 17.5 Å². The number of thioether (sulfide) groups is 1. The first-order valence-corrected chi connectivity index (χ1v) is 10.3. The number of benzene rings is 2. The molecule has 2 atom stereocenters. The number of halogens is 1. The van der Waals surface area contributed by atoms with Crippen molar-refractivity contribution < 1.29 is 4.84 Å². The Morgan fingerprint density at radius 3 is 2.59 bits per heavy atom. The Morgan fingerprint density at radius 2 is 1.93 bits per heavy atom. The quantitative estimate of drug-likeness (QED) is 0.566. The molecule has 1 saturated heterocycles. The van der Waals surface area contributed by atoms with Crippen LogP contribution in [0.25, 0.3) is 0 Å². The van der Waals surface area contributed by atoms with Crippen LogP contribution < -0.4 is 0 Å². The second kappa shape index (κ2) is 7.68. The first-order valence-electron chi connectivity index (χ1n) is 8.92. The molecular formula is C21H22ClN3OS. The zero-order chi connectivity index (χ0) is 18.9. The molecule has 1 aromatic heterocycles. The van der Waals surface area contributed by atoms with Gasteiger partial charge in [0.05, 0.1) is 12.4 Å². The number of hydroxylamine groups is 2. The lowest BCUT2D eigenvalue weighted by Gasteiger charge is -2.35. The fraction of sp³-hybridized carbons (Fsp3) is 0.286. The summed E-state index contributed by atoms with van der Waals surface area (Å²) >= 11 is 7.94. The van der Waals surface area contributed by atoms with Crippen molar-refractivity contribution in [3.8, 4) is 0 Å². The van der Waals surface area contributed by atoms with Gasteiger partial charge in [-0.25, -0.2) is 4.98 Å². The Kier molecular flexibility index (Phi) is 5.28. The van der Waals surface area contributed by atoms with Crippen LogP contribution in [-0.4, -0.2) is 33.5 Å². The minimum absolute atomic E-state index is 0.0966. The van der Waals surface area contributed by atoms with Gasteiger partial charge >= 0.3 is 0 Å². The number of rotatable bonds is 5. The molecule has 0 amide bonds. The molecule has 1 aliphatic rings. The average Bonchev–Trinajstić information content (AvgIpc) is 3.31. The van der Waals surface area contributed by atoms with Crippen molar-refractivity contribution in [1.82, 2.24) is 14.6 Å². The van der Waals surface area contributed by atoms with Gasteiger partial charge in [0.1, 0.15) is 5.66 Å². The topological polar surface area (TPSA) is 30.3 Å². The van der Waals surface area contributed by atoms with Crippen LogP contribution in [-0.2, 0) is 10.5 Å². The average molecular weight is 400 g/mol. The molecular weight excluding hydrogens is 378 g/mol. The van der Waals surface area contributed by atoms with Crippen molar-refractivity contribution >= 4 is 23.4 Å². The molecule has 0 unspecified atom stereocenters. The summed E-state index contributed by atoms with van der Waals surface area (Å²) in [7, 11) is 1.99. The van der Waals surface area contributed by atoms with Gasteiger partial charge in [0.2, 0.25) is 0 Å². The third-order valence-electron chi connectivity index (χ3n) is 5.04. The normalized spacial score (nSPS) is 23.0. The van der Waals surface area contributed by atoms with Gasteiger partial charge in [-0.15, -0.1) is 11.8 Å². The Morgan fingerprint density at radius 1 is 1.19 bits per heavy atom. The number of nitrogens with zero attached hydrogens (tertiary/aromatic N) is 3. The number of hydrogen-bond donors (Lipinski definition) is 0. The highest BCUT2D eigenvalue weighted by Crippen LogP contribution is 2.42. The van der Waals surface area contributed by atoms with Crippen molar-refractivity contribution in [3.63, 3.8) is 0 Å². The summed E-state index contributed by atoms with van der Waals surface area (Å²) in [5.41, 5.74) is 1.98. The maximum Gasteiger partial charge on any atom is 0.149 e. The molecule has 0 radical (unpaired) electrons. The summed E-state index contributed by atoms with van der Waals surface area (Å²) in [6.45, 7) is 2.11. The van der Waals surface area contributed by atoms with E-state index in [1.807, 2.05) is 48.5 Å². The van der Waals surface area contributed by atoms with Crippen LogP contribution in [0.3, 0.4) is 0 Å². The van der Waals surface area contributed by atoms with Crippen molar-refractivity contribution in [3.05, 3.63) is 83.4 Å². The lowest BCUT2D eigenvalue weighted by Crippen LogP contribution is -2.44. The first kappa shape index (κ1) is 18.6. The first-order chi connectivity index (χ1) is 13.1. The fourth-order valence-corrected chi connectivity index (χ4v) is 4.63. The summed E-state index contributed by atoms with van der Waals surface area (Å²) in [6.07, 6.45) is 6.58. The predicted molar refractivity (Wildman–Crippen MR) is 110 cm³/mol. The van der Waals surface area contributed by atoms with Crippen molar-refractivity contribution in [2.45, 2.75) is 30.0 Å². The largest absolute Gasteiger partial charge is 0.312 e. The number of imidazole rings is 1. The summed E-state index contributed by atoms with van der Waals surface area (Å²) in [4.78, 5) is 11.8. The molecule has 0 N–H and O–H groups in total. The monoisotopic (exact) mass is 399 g/mol. The maximum absolute atomic E-state index is 6.26. The minimum atomic E-state index is -0.431. The maximum atomic E-state index is 6.26. The van der Waals surface area contributed by atoms with Gasteiger partial charge in [-0.1, -0.05) is 41.4 Å². The Bertz CT molecular complexity index is 883. The predicted octanol–water partition coefficient (Wildman–Crippen LogP) is 4.97. The highest BCUT2D eigenvalue weighted by atomic mass is 35.5. The van der Waals surface area contributed by atoms with Gasteiger partial charge in [-0.2, -0.15) is 5.06 Å². The molecule has 0 saturated carbocycles. The molecule has 2 heterocycles. The van der Waals surface area contributed by atoms with E-state index >= 15 is 0 Å². The molecule has 4 rings (SSSR count). The van der Waals surface area contributed by atoms with Gasteiger partial charge in [0.25, 0.3) is 0 Å². The number of hydrogen-bond acceptors (Lipinski definition) is 4. The highest BCUT2D eigenvalue weighted by Gasteiger charge is 2.48. The van der Waals surface area contributed by atoms with E-state index in [1.165, 1.54) is 10.5 Å². The lowest BCUT2D eigenvalue weighted by atomic mass is 9.94. The van der Waals surface area contributed by atoms with E-state index < -0.39 is 5.66 Å². The van der Waals surface area contributed by atoms with Crippen LogP contribution in [0.15, 0.2) is 72.1 Å². The molecule has 0 aliphatic carbocycles. The molecule has 2 aromatic carbocycles. The van der Waals surface area contributed by atoms with Crippen LogP contribution >= 0.6 is 23.4 Å². The molecule has 27 heavy (non-hydrogen) atoms. The number of aromatic nitrogens is 2. The summed E-state index contributed by atoms with van der Waals surface area (Å²) in [5, 5.41) is 2.69. The Hall–Kier alpha value is -1.79. The van der Waals surface area contributed by atoms with Crippen molar-refractivity contribution in [2.24, 2.45) is 0 Å². The SMILES string of the molecule is Cc1ccc(SC[C@@H]2C[C@](c3ccc(Cl)cc3)(n3ccnc3)N(C)O2)cc1. The van der Waals surface area contributed by atoms with Gasteiger partial charge in [-0.05, 0) is 36.8 Å².